The molecule has 6 nitrogen and oxygen atoms in total. The summed E-state index contributed by atoms with van der Waals surface area (Å²) in [6.07, 6.45) is 6.21. The normalized spacial score (nSPS) is 24.1. The lowest BCUT2D eigenvalue weighted by Crippen LogP contribution is -2.44. The van der Waals surface area contributed by atoms with Crippen molar-refractivity contribution in [1.29, 1.82) is 0 Å². The number of alkyl carbamates (subject to hydrolysis) is 1. The molecule has 0 aromatic rings. The van der Waals surface area contributed by atoms with Gasteiger partial charge in [-0.3, -0.25) is 4.99 Å². The summed E-state index contributed by atoms with van der Waals surface area (Å²) in [7, 11) is 0. The van der Waals surface area contributed by atoms with Crippen LogP contribution in [0.2, 0.25) is 0 Å². The molecule has 3 fully saturated rings. The van der Waals surface area contributed by atoms with Crippen molar-refractivity contribution in [3.63, 3.8) is 0 Å². The fourth-order valence-electron chi connectivity index (χ4n) is 3.89. The number of hydrogen-bond acceptors (Lipinski definition) is 3. The molecule has 26 heavy (non-hydrogen) atoms. The smallest absolute Gasteiger partial charge is 0.407 e. The van der Waals surface area contributed by atoms with Crippen LogP contribution in [0.25, 0.3) is 0 Å². The third kappa shape index (κ3) is 5.78. The lowest BCUT2D eigenvalue weighted by Gasteiger charge is -2.24. The molecule has 2 aliphatic carbocycles. The van der Waals surface area contributed by atoms with Crippen LogP contribution in [0.3, 0.4) is 0 Å². The first kappa shape index (κ1) is 19.3. The zero-order valence-corrected chi connectivity index (χ0v) is 16.9. The van der Waals surface area contributed by atoms with Gasteiger partial charge in [0, 0.05) is 26.2 Å². The van der Waals surface area contributed by atoms with E-state index in [-0.39, 0.29) is 12.1 Å². The molecule has 1 unspecified atom stereocenters. The fourth-order valence-corrected chi connectivity index (χ4v) is 3.89. The maximum Gasteiger partial charge on any atom is 0.407 e. The number of amides is 1. The largest absolute Gasteiger partial charge is 0.444 e. The Bertz CT molecular complexity index is 508. The molecule has 148 valence electrons. The molecule has 3 aliphatic rings. The Labute approximate surface area is 158 Å². The highest BCUT2D eigenvalue weighted by Crippen LogP contribution is 2.49. The summed E-state index contributed by atoms with van der Waals surface area (Å²) >= 11 is 0. The van der Waals surface area contributed by atoms with Crippen LogP contribution in [-0.2, 0) is 4.74 Å². The van der Waals surface area contributed by atoms with E-state index in [1.54, 1.807) is 0 Å². The molecule has 1 aliphatic heterocycles. The topological polar surface area (TPSA) is 66.0 Å². The summed E-state index contributed by atoms with van der Waals surface area (Å²) in [5.74, 6) is 3.65. The summed E-state index contributed by atoms with van der Waals surface area (Å²) < 4.78 is 5.37. The van der Waals surface area contributed by atoms with Crippen LogP contribution in [0, 0.1) is 17.8 Å². The van der Waals surface area contributed by atoms with Crippen LogP contribution in [0.15, 0.2) is 4.99 Å². The lowest BCUT2D eigenvalue weighted by atomic mass is 9.98. The van der Waals surface area contributed by atoms with Gasteiger partial charge in [-0.1, -0.05) is 0 Å². The minimum Gasteiger partial charge on any atom is -0.444 e. The monoisotopic (exact) mass is 364 g/mol. The fraction of sp³-hybridized carbons (Fsp3) is 0.900. The van der Waals surface area contributed by atoms with E-state index in [1.165, 1.54) is 25.7 Å². The molecule has 1 amide bonds. The number of guanidine groups is 1. The lowest BCUT2D eigenvalue weighted by molar-refractivity contribution is 0.0507. The second-order valence-electron chi connectivity index (χ2n) is 9.11. The minimum atomic E-state index is -0.459. The zero-order valence-electron chi connectivity index (χ0n) is 16.9. The van der Waals surface area contributed by atoms with Crippen molar-refractivity contribution in [1.82, 2.24) is 15.5 Å². The maximum absolute atomic E-state index is 12.0. The average Bonchev–Trinajstić information content (AvgIpc) is 3.45. The third-order valence-corrected chi connectivity index (χ3v) is 5.45. The summed E-state index contributed by atoms with van der Waals surface area (Å²) in [5, 5.41) is 6.44. The molecular weight excluding hydrogens is 328 g/mol. The van der Waals surface area contributed by atoms with Gasteiger partial charge in [0.25, 0.3) is 0 Å². The van der Waals surface area contributed by atoms with Gasteiger partial charge < -0.3 is 20.3 Å². The quantitative estimate of drug-likeness (QED) is 0.562. The Kier molecular flexibility index (Phi) is 5.98. The molecule has 0 bridgehead atoms. The van der Waals surface area contributed by atoms with Gasteiger partial charge in [0.1, 0.15) is 5.60 Å². The van der Waals surface area contributed by atoms with Crippen LogP contribution >= 0.6 is 0 Å². The number of rotatable bonds is 6. The van der Waals surface area contributed by atoms with Gasteiger partial charge in [0.05, 0.1) is 6.04 Å². The number of carbonyl (C=O) groups excluding carboxylic acids is 1. The zero-order chi connectivity index (χ0) is 18.7. The van der Waals surface area contributed by atoms with Crippen molar-refractivity contribution < 1.29 is 9.53 Å². The van der Waals surface area contributed by atoms with Crippen LogP contribution in [0.5, 0.6) is 0 Å². The Morgan fingerprint density at radius 2 is 1.85 bits per heavy atom. The van der Waals surface area contributed by atoms with Gasteiger partial charge in [-0.15, -0.1) is 0 Å². The predicted molar refractivity (Wildman–Crippen MR) is 104 cm³/mol. The highest BCUT2D eigenvalue weighted by molar-refractivity contribution is 5.80. The number of aliphatic imine (C=N–C) groups is 1. The van der Waals surface area contributed by atoms with Crippen molar-refractivity contribution in [3.05, 3.63) is 0 Å². The van der Waals surface area contributed by atoms with Gasteiger partial charge in [-0.05, 0) is 77.6 Å². The number of nitrogens with zero attached hydrogens (tertiary/aromatic N) is 2. The van der Waals surface area contributed by atoms with Crippen LogP contribution < -0.4 is 10.6 Å². The number of likely N-dealkylation sites (tertiary alicyclic amines) is 1. The summed E-state index contributed by atoms with van der Waals surface area (Å²) in [4.78, 5) is 19.3. The van der Waals surface area contributed by atoms with E-state index in [2.05, 4.69) is 22.5 Å². The molecule has 6 heteroatoms. The second kappa shape index (κ2) is 8.05. The van der Waals surface area contributed by atoms with Gasteiger partial charge in [-0.25, -0.2) is 4.79 Å². The Hall–Kier alpha value is -1.46. The first-order chi connectivity index (χ1) is 12.4. The molecule has 1 saturated heterocycles. The van der Waals surface area contributed by atoms with Gasteiger partial charge in [0.15, 0.2) is 5.96 Å². The third-order valence-electron chi connectivity index (χ3n) is 5.45. The van der Waals surface area contributed by atoms with E-state index in [0.717, 1.165) is 56.3 Å². The van der Waals surface area contributed by atoms with Gasteiger partial charge >= 0.3 is 6.09 Å². The highest BCUT2D eigenvalue weighted by Gasteiger charge is 2.41. The Morgan fingerprint density at radius 1 is 1.19 bits per heavy atom. The summed E-state index contributed by atoms with van der Waals surface area (Å²) in [6.45, 7) is 11.3. The maximum atomic E-state index is 12.0. The molecule has 1 heterocycles. The second-order valence-corrected chi connectivity index (χ2v) is 9.11. The van der Waals surface area contributed by atoms with E-state index in [4.69, 9.17) is 9.73 Å². The van der Waals surface area contributed by atoms with Crippen molar-refractivity contribution in [3.8, 4) is 0 Å². The molecule has 2 saturated carbocycles. The van der Waals surface area contributed by atoms with Crippen molar-refractivity contribution >= 4 is 12.1 Å². The molecule has 0 spiro atoms. The number of carbonyl (C=O) groups is 1. The average molecular weight is 365 g/mol. The first-order valence-electron chi connectivity index (χ1n) is 10.4. The van der Waals surface area contributed by atoms with Crippen LogP contribution in [0.1, 0.15) is 59.8 Å². The van der Waals surface area contributed by atoms with E-state index in [1.807, 2.05) is 20.8 Å². The van der Waals surface area contributed by atoms with Crippen molar-refractivity contribution in [2.24, 2.45) is 22.7 Å². The van der Waals surface area contributed by atoms with Crippen LogP contribution in [-0.4, -0.2) is 54.8 Å². The Morgan fingerprint density at radius 3 is 2.38 bits per heavy atom. The van der Waals surface area contributed by atoms with E-state index in [9.17, 15) is 4.79 Å². The van der Waals surface area contributed by atoms with Crippen LogP contribution in [0.4, 0.5) is 4.79 Å². The van der Waals surface area contributed by atoms with E-state index >= 15 is 0 Å². The SMILES string of the molecule is CCNC(=NCC(C1CC1)C1CC1)N1CCC(NC(=O)OC(C)(C)C)C1. The van der Waals surface area contributed by atoms with E-state index < -0.39 is 5.60 Å². The molecule has 0 aromatic carbocycles. The molecule has 1 atom stereocenters. The number of hydrogen-bond donors (Lipinski definition) is 2. The predicted octanol–water partition coefficient (Wildman–Crippen LogP) is 2.99. The summed E-state index contributed by atoms with van der Waals surface area (Å²) in [6, 6.07) is 0.122. The van der Waals surface area contributed by atoms with Crippen molar-refractivity contribution in [2.75, 3.05) is 26.2 Å². The molecule has 0 aromatic heterocycles. The number of nitrogens with one attached hydrogen (secondary N) is 2. The van der Waals surface area contributed by atoms with Gasteiger partial charge in [-0.2, -0.15) is 0 Å². The standard InChI is InChI=1S/C20H36N4O2/c1-5-21-18(22-12-17(14-6-7-14)15-8-9-15)24-11-10-16(13-24)23-19(25)26-20(2,3)4/h14-17H,5-13H2,1-4H3,(H,21,22)(H,23,25). The molecule has 0 radical (unpaired) electrons. The minimum absolute atomic E-state index is 0.122. The molecule has 3 rings (SSSR count). The Balaban J connectivity index is 1.51. The molecular formula is C20H36N4O2. The highest BCUT2D eigenvalue weighted by atomic mass is 16.6. The van der Waals surface area contributed by atoms with Gasteiger partial charge in [0.2, 0.25) is 0 Å². The molecule has 2 N–H and O–H groups in total. The van der Waals surface area contributed by atoms with Crippen molar-refractivity contribution in [2.45, 2.75) is 71.4 Å². The van der Waals surface area contributed by atoms with E-state index in [0.29, 0.717) is 0 Å². The summed E-state index contributed by atoms with van der Waals surface area (Å²) in [5.41, 5.74) is -0.459. The number of ether oxygens (including phenoxy) is 1. The first-order valence-corrected chi connectivity index (χ1v) is 10.4.